The van der Waals surface area contributed by atoms with Crippen molar-refractivity contribution < 1.29 is 19.1 Å². The van der Waals surface area contributed by atoms with Gasteiger partial charge in [0, 0.05) is 44.6 Å². The van der Waals surface area contributed by atoms with Crippen molar-refractivity contribution in [1.82, 2.24) is 14.4 Å². The van der Waals surface area contributed by atoms with Gasteiger partial charge in [-0.1, -0.05) is 30.3 Å². The van der Waals surface area contributed by atoms with Gasteiger partial charge >= 0.3 is 5.97 Å². The maximum atomic E-state index is 13.0. The van der Waals surface area contributed by atoms with Gasteiger partial charge in [0.15, 0.2) is 0 Å². The van der Waals surface area contributed by atoms with Crippen LogP contribution < -0.4 is 5.32 Å². The van der Waals surface area contributed by atoms with Crippen LogP contribution in [0.25, 0.3) is 10.9 Å². The van der Waals surface area contributed by atoms with Crippen LogP contribution in [0.1, 0.15) is 23.2 Å². The summed E-state index contributed by atoms with van der Waals surface area (Å²) in [5.74, 6) is -0.604. The third-order valence-corrected chi connectivity index (χ3v) is 6.41. The molecule has 1 aliphatic heterocycles. The first-order valence-electron chi connectivity index (χ1n) is 11.2. The van der Waals surface area contributed by atoms with Crippen molar-refractivity contribution in [3.05, 3.63) is 65.4 Å². The first kappa shape index (κ1) is 23.4. The molecule has 0 bridgehead atoms. The van der Waals surface area contributed by atoms with E-state index >= 15 is 0 Å². The molecule has 34 heavy (non-hydrogen) atoms. The number of hydrogen-bond donors (Lipinski definition) is 1. The molecule has 0 unspecified atom stereocenters. The highest BCUT2D eigenvalue weighted by atomic mass is 16.5. The van der Waals surface area contributed by atoms with Crippen molar-refractivity contribution >= 4 is 34.4 Å². The van der Waals surface area contributed by atoms with Gasteiger partial charge in [-0.25, -0.2) is 0 Å². The Bertz CT molecular complexity index is 1250. The minimum absolute atomic E-state index is 0.0137. The molecule has 1 aromatic heterocycles. The van der Waals surface area contributed by atoms with Crippen LogP contribution in [0.4, 0.5) is 5.69 Å². The van der Waals surface area contributed by atoms with Crippen molar-refractivity contribution in [2.75, 3.05) is 26.5 Å². The molecule has 3 aromatic rings. The summed E-state index contributed by atoms with van der Waals surface area (Å²) < 4.78 is 6.84. The number of aryl methyl sites for hydroxylation is 1. The molecule has 1 atom stereocenters. The number of carbonyl (C=O) groups is 3. The molecule has 8 nitrogen and oxygen atoms in total. The Labute approximate surface area is 199 Å². The zero-order valence-corrected chi connectivity index (χ0v) is 20.0. The van der Waals surface area contributed by atoms with E-state index in [9.17, 15) is 14.4 Å². The van der Waals surface area contributed by atoms with Gasteiger partial charge in [0.25, 0.3) is 0 Å². The average Bonchev–Trinajstić information content (AvgIpc) is 3.08. The highest BCUT2D eigenvalue weighted by Crippen LogP contribution is 2.26. The van der Waals surface area contributed by atoms with Gasteiger partial charge in [0.05, 0.1) is 26.5 Å². The number of methoxy groups -OCH3 is 1. The summed E-state index contributed by atoms with van der Waals surface area (Å²) in [6.07, 6.45) is 0.218. The number of amides is 2. The van der Waals surface area contributed by atoms with E-state index < -0.39 is 12.0 Å². The average molecular weight is 463 g/mol. The lowest BCUT2D eigenvalue weighted by Crippen LogP contribution is -2.39. The van der Waals surface area contributed by atoms with Crippen LogP contribution in [-0.4, -0.2) is 59.4 Å². The van der Waals surface area contributed by atoms with Gasteiger partial charge in [0.1, 0.15) is 6.04 Å². The molecular weight excluding hydrogens is 432 g/mol. The molecule has 2 aromatic carbocycles. The molecule has 0 saturated carbocycles. The number of esters is 1. The maximum Gasteiger partial charge on any atom is 0.308 e. The fourth-order valence-corrected chi connectivity index (χ4v) is 4.40. The maximum absolute atomic E-state index is 13.0. The Morgan fingerprint density at radius 2 is 1.91 bits per heavy atom. The van der Waals surface area contributed by atoms with Crippen LogP contribution in [0.15, 0.2) is 48.5 Å². The zero-order valence-electron chi connectivity index (χ0n) is 20.0. The quantitative estimate of drug-likeness (QED) is 0.570. The summed E-state index contributed by atoms with van der Waals surface area (Å²) in [4.78, 5) is 40.7. The van der Waals surface area contributed by atoms with E-state index in [-0.39, 0.29) is 24.7 Å². The number of para-hydroxylation sites is 1. The molecule has 0 fully saturated rings. The third-order valence-electron chi connectivity index (χ3n) is 6.41. The molecule has 0 saturated heterocycles. The second-order valence-corrected chi connectivity index (χ2v) is 8.84. The highest BCUT2D eigenvalue weighted by Gasteiger charge is 2.29. The van der Waals surface area contributed by atoms with E-state index in [4.69, 9.17) is 4.74 Å². The third kappa shape index (κ3) is 4.76. The van der Waals surface area contributed by atoms with Gasteiger partial charge in [-0.3, -0.25) is 14.4 Å². The number of aromatic nitrogens is 1. The van der Waals surface area contributed by atoms with Crippen molar-refractivity contribution in [2.24, 2.45) is 7.05 Å². The van der Waals surface area contributed by atoms with Crippen LogP contribution in [0.5, 0.6) is 0 Å². The predicted octanol–water partition coefficient (Wildman–Crippen LogP) is 2.70. The van der Waals surface area contributed by atoms with Crippen LogP contribution in [0.3, 0.4) is 0 Å². The van der Waals surface area contributed by atoms with E-state index in [1.807, 2.05) is 44.4 Å². The topological polar surface area (TPSA) is 83.9 Å². The Morgan fingerprint density at radius 1 is 1.15 bits per heavy atom. The van der Waals surface area contributed by atoms with Gasteiger partial charge in [-0.05, 0) is 34.7 Å². The van der Waals surface area contributed by atoms with Gasteiger partial charge in [-0.2, -0.15) is 0 Å². The number of anilines is 1. The molecule has 8 heteroatoms. The normalized spacial score (nSPS) is 15.5. The minimum Gasteiger partial charge on any atom is -0.469 e. The van der Waals surface area contributed by atoms with E-state index in [0.717, 1.165) is 33.4 Å². The smallest absolute Gasteiger partial charge is 0.308 e. The second kappa shape index (κ2) is 9.59. The van der Waals surface area contributed by atoms with Crippen molar-refractivity contribution in [1.29, 1.82) is 0 Å². The number of hydrogen-bond acceptors (Lipinski definition) is 5. The number of likely N-dealkylation sites (N-methyl/N-ethyl adjacent to an activating group) is 2. The Hall–Kier alpha value is -3.81. The number of ether oxygens (including phenoxy) is 1. The Morgan fingerprint density at radius 3 is 2.65 bits per heavy atom. The van der Waals surface area contributed by atoms with Gasteiger partial charge in [0.2, 0.25) is 11.8 Å². The van der Waals surface area contributed by atoms with Crippen molar-refractivity contribution in [2.45, 2.75) is 32.0 Å². The molecule has 2 amide bonds. The van der Waals surface area contributed by atoms with E-state index in [1.165, 1.54) is 7.11 Å². The Balaban J connectivity index is 1.46. The molecule has 0 radical (unpaired) electrons. The monoisotopic (exact) mass is 462 g/mol. The van der Waals surface area contributed by atoms with Crippen LogP contribution in [0.2, 0.25) is 0 Å². The highest BCUT2D eigenvalue weighted by molar-refractivity contribution is 5.90. The largest absolute Gasteiger partial charge is 0.469 e. The molecule has 4 rings (SSSR count). The summed E-state index contributed by atoms with van der Waals surface area (Å²) in [6.45, 7) is 0.912. The lowest BCUT2D eigenvalue weighted by molar-refractivity contribution is -0.143. The summed E-state index contributed by atoms with van der Waals surface area (Å²) in [7, 11) is 6.84. The molecule has 1 N–H and O–H groups in total. The number of benzene rings is 2. The van der Waals surface area contributed by atoms with Crippen molar-refractivity contribution in [3.8, 4) is 0 Å². The van der Waals surface area contributed by atoms with Crippen LogP contribution in [-0.2, 0) is 45.7 Å². The molecule has 178 valence electrons. The molecular formula is C26H30N4O4. The van der Waals surface area contributed by atoms with Crippen LogP contribution in [0, 0.1) is 0 Å². The summed E-state index contributed by atoms with van der Waals surface area (Å²) in [5, 5.41) is 4.33. The first-order chi connectivity index (χ1) is 16.3. The minimum atomic E-state index is -0.682. The predicted molar refractivity (Wildman–Crippen MR) is 130 cm³/mol. The van der Waals surface area contributed by atoms with E-state index in [0.29, 0.717) is 13.1 Å². The number of rotatable bonds is 6. The summed E-state index contributed by atoms with van der Waals surface area (Å²) in [6, 6.07) is 15.3. The first-order valence-corrected chi connectivity index (χ1v) is 11.2. The lowest BCUT2D eigenvalue weighted by Gasteiger charge is -2.19. The van der Waals surface area contributed by atoms with Gasteiger partial charge in [-0.15, -0.1) is 0 Å². The standard InChI is InChI=1S/C26H30N4O4/c1-28(16-20-13-18-7-5-6-8-23(18)30(20)3)24(31)12-17-9-10-21-19(11-17)15-29(2)26(33)22(27-21)14-25(32)34-4/h5-11,13,22,27H,12,14-16H2,1-4H3/t22-/m1/s1. The number of fused-ring (bicyclic) bond motifs is 2. The summed E-state index contributed by atoms with van der Waals surface area (Å²) >= 11 is 0. The van der Waals surface area contributed by atoms with E-state index in [1.54, 1.807) is 16.8 Å². The van der Waals surface area contributed by atoms with Crippen LogP contribution >= 0.6 is 0 Å². The fraction of sp³-hybridized carbons (Fsp3) is 0.346. The lowest BCUT2D eigenvalue weighted by atomic mass is 10.0. The van der Waals surface area contributed by atoms with E-state index in [2.05, 4.69) is 28.1 Å². The number of carbonyl (C=O) groups excluding carboxylic acids is 3. The Kier molecular flexibility index (Phi) is 6.58. The zero-order chi connectivity index (χ0) is 24.4. The molecule has 2 heterocycles. The second-order valence-electron chi connectivity index (χ2n) is 8.84. The van der Waals surface area contributed by atoms with Crippen molar-refractivity contribution in [3.63, 3.8) is 0 Å². The number of nitrogens with one attached hydrogen (secondary N) is 1. The van der Waals surface area contributed by atoms with Gasteiger partial charge < -0.3 is 24.4 Å². The fourth-order valence-electron chi connectivity index (χ4n) is 4.40. The number of nitrogens with zero attached hydrogens (tertiary/aromatic N) is 3. The molecule has 0 aliphatic carbocycles. The summed E-state index contributed by atoms with van der Waals surface area (Å²) in [5.41, 5.74) is 4.78. The molecule has 1 aliphatic rings. The SMILES string of the molecule is COC(=O)C[C@H]1Nc2ccc(CC(=O)N(C)Cc3cc4ccccc4n3C)cc2CN(C)C1=O. The molecule has 0 spiro atoms.